The zero-order chi connectivity index (χ0) is 29.7. The Morgan fingerprint density at radius 2 is 1.70 bits per heavy atom. The maximum Gasteiger partial charge on any atom is 0.316 e. The van der Waals surface area contributed by atoms with Crippen molar-refractivity contribution in [3.8, 4) is 0 Å². The molecule has 0 saturated heterocycles. The third-order valence-electron chi connectivity index (χ3n) is 7.57. The quantitative estimate of drug-likeness (QED) is 0.218. The highest BCUT2D eigenvalue weighted by Crippen LogP contribution is 2.48. The molecule has 0 bridgehead atoms. The fraction of sp³-hybridized carbons (Fsp3) is 0.567. The molecule has 2 saturated carbocycles. The highest BCUT2D eigenvalue weighted by molar-refractivity contribution is 6.37. The van der Waals surface area contributed by atoms with Crippen LogP contribution in [0.25, 0.3) is 0 Å². The second-order valence-electron chi connectivity index (χ2n) is 12.3. The van der Waals surface area contributed by atoms with Crippen LogP contribution in [0, 0.1) is 5.92 Å². The molecule has 5 N–H and O–H groups in total. The minimum atomic E-state index is -1.10. The molecule has 0 aromatic heterocycles. The molecule has 218 valence electrons. The number of rotatable bonds is 13. The first-order valence-corrected chi connectivity index (χ1v) is 13.9. The predicted molar refractivity (Wildman–Crippen MR) is 152 cm³/mol. The van der Waals surface area contributed by atoms with Gasteiger partial charge in [-0.25, -0.2) is 4.79 Å². The zero-order valence-corrected chi connectivity index (χ0v) is 24.0. The number of carbonyl (C=O) groups is 5. The van der Waals surface area contributed by atoms with Gasteiger partial charge in [-0.05, 0) is 64.0 Å². The SMILES string of the molecule is C=C(C)[C@H](NC(=O)NC(C)(C)C)C(=O)N(CC(=O)NC(CC1CCC1)C(=O)C(N)=O)CC1(c2ccccc2)CC1. The minimum absolute atomic E-state index is 0.234. The average molecular weight is 554 g/mol. The topological polar surface area (TPSA) is 151 Å². The molecule has 1 aromatic carbocycles. The standard InChI is InChI=1S/C30H43N5O5/c1-19(2)24(33-28(40)34-29(3,4)5)27(39)35(18-30(14-15-30)21-12-7-6-8-13-21)17-23(36)32-22(25(37)26(31)38)16-20-10-9-11-20/h6-8,12-13,20,22,24H,1,9-11,14-18H2,2-5H3,(H2,31,38)(H,32,36)(H2,33,34,40)/t22?,24-/m0/s1. The van der Waals surface area contributed by atoms with Gasteiger partial charge in [0.2, 0.25) is 17.6 Å². The van der Waals surface area contributed by atoms with Crippen LogP contribution in [-0.2, 0) is 24.6 Å². The van der Waals surface area contributed by atoms with Gasteiger partial charge < -0.3 is 26.6 Å². The van der Waals surface area contributed by atoms with Crippen LogP contribution in [0.3, 0.4) is 0 Å². The highest BCUT2D eigenvalue weighted by atomic mass is 16.2. The maximum atomic E-state index is 13.9. The van der Waals surface area contributed by atoms with E-state index in [9.17, 15) is 24.0 Å². The maximum absolute atomic E-state index is 13.9. The molecular formula is C30H43N5O5. The Balaban J connectivity index is 1.83. The van der Waals surface area contributed by atoms with Crippen molar-refractivity contribution in [2.75, 3.05) is 13.1 Å². The van der Waals surface area contributed by atoms with Gasteiger partial charge in [0.25, 0.3) is 5.91 Å². The summed E-state index contributed by atoms with van der Waals surface area (Å²) in [6.45, 7) is 10.9. The number of nitrogens with zero attached hydrogens (tertiary/aromatic N) is 1. The number of hydrogen-bond donors (Lipinski definition) is 4. The first-order chi connectivity index (χ1) is 18.7. The van der Waals surface area contributed by atoms with E-state index in [0.29, 0.717) is 12.0 Å². The molecule has 0 aliphatic heterocycles. The second kappa shape index (κ2) is 12.7. The second-order valence-corrected chi connectivity index (χ2v) is 12.3. The molecular weight excluding hydrogens is 510 g/mol. The van der Waals surface area contributed by atoms with Crippen LogP contribution >= 0.6 is 0 Å². The van der Waals surface area contributed by atoms with Gasteiger partial charge in [0, 0.05) is 17.5 Å². The van der Waals surface area contributed by atoms with E-state index < -0.39 is 47.2 Å². The molecule has 10 nitrogen and oxygen atoms in total. The first-order valence-electron chi connectivity index (χ1n) is 13.9. The van der Waals surface area contributed by atoms with Gasteiger partial charge in [-0.2, -0.15) is 0 Å². The summed E-state index contributed by atoms with van der Waals surface area (Å²) >= 11 is 0. The number of nitrogens with one attached hydrogen (secondary N) is 3. The summed E-state index contributed by atoms with van der Waals surface area (Å²) in [5.41, 5.74) is 5.88. The van der Waals surface area contributed by atoms with Crippen molar-refractivity contribution in [3.63, 3.8) is 0 Å². The molecule has 1 unspecified atom stereocenters. The molecule has 2 atom stereocenters. The van der Waals surface area contributed by atoms with Crippen LogP contribution in [0.4, 0.5) is 4.79 Å². The summed E-state index contributed by atoms with van der Waals surface area (Å²) in [6.07, 6.45) is 4.89. The first kappa shape index (κ1) is 30.8. The van der Waals surface area contributed by atoms with E-state index in [0.717, 1.165) is 37.7 Å². The van der Waals surface area contributed by atoms with E-state index in [-0.39, 0.29) is 24.4 Å². The lowest BCUT2D eigenvalue weighted by molar-refractivity contribution is -0.140. The molecule has 2 aliphatic carbocycles. The van der Waals surface area contributed by atoms with Gasteiger partial charge in [-0.1, -0.05) is 56.2 Å². The summed E-state index contributed by atoms with van der Waals surface area (Å²) in [5, 5.41) is 8.14. The fourth-order valence-corrected chi connectivity index (χ4v) is 5.02. The summed E-state index contributed by atoms with van der Waals surface area (Å²) in [6, 6.07) is 7.15. The Morgan fingerprint density at radius 3 is 2.17 bits per heavy atom. The highest BCUT2D eigenvalue weighted by Gasteiger charge is 2.47. The van der Waals surface area contributed by atoms with Gasteiger partial charge >= 0.3 is 6.03 Å². The number of Topliss-reactive ketones (excluding diaryl/α,β-unsaturated/α-hetero) is 1. The molecule has 40 heavy (non-hydrogen) atoms. The average Bonchev–Trinajstić information content (AvgIpc) is 3.62. The third kappa shape index (κ3) is 8.40. The van der Waals surface area contributed by atoms with Crippen molar-refractivity contribution in [1.29, 1.82) is 0 Å². The van der Waals surface area contributed by atoms with Crippen molar-refractivity contribution >= 4 is 29.5 Å². The van der Waals surface area contributed by atoms with E-state index in [1.807, 2.05) is 51.1 Å². The van der Waals surface area contributed by atoms with Crippen molar-refractivity contribution < 1.29 is 24.0 Å². The molecule has 5 amide bonds. The number of nitrogens with two attached hydrogens (primary N) is 1. The molecule has 0 radical (unpaired) electrons. The Labute approximate surface area is 236 Å². The summed E-state index contributed by atoms with van der Waals surface area (Å²) in [5.74, 6) is -2.77. The monoisotopic (exact) mass is 553 g/mol. The molecule has 10 heteroatoms. The molecule has 0 spiro atoms. The number of carbonyl (C=O) groups excluding carboxylic acids is 5. The van der Waals surface area contributed by atoms with Gasteiger partial charge in [0.15, 0.2) is 0 Å². The smallest absolute Gasteiger partial charge is 0.316 e. The summed E-state index contributed by atoms with van der Waals surface area (Å²) in [4.78, 5) is 65.5. The normalized spacial score (nSPS) is 17.4. The van der Waals surface area contributed by atoms with Crippen LogP contribution in [0.15, 0.2) is 42.5 Å². The number of urea groups is 1. The number of ketones is 1. The lowest BCUT2D eigenvalue weighted by atomic mass is 9.80. The minimum Gasteiger partial charge on any atom is -0.363 e. The summed E-state index contributed by atoms with van der Waals surface area (Å²) < 4.78 is 0. The van der Waals surface area contributed by atoms with Gasteiger partial charge in [-0.15, -0.1) is 0 Å². The van der Waals surface area contributed by atoms with E-state index in [4.69, 9.17) is 5.73 Å². The zero-order valence-electron chi connectivity index (χ0n) is 24.0. The molecule has 3 rings (SSSR count). The summed E-state index contributed by atoms with van der Waals surface area (Å²) in [7, 11) is 0. The van der Waals surface area contributed by atoms with Crippen molar-refractivity contribution in [1.82, 2.24) is 20.9 Å². The van der Waals surface area contributed by atoms with E-state index in [1.54, 1.807) is 6.92 Å². The Morgan fingerprint density at radius 1 is 1.07 bits per heavy atom. The molecule has 2 aliphatic rings. The molecule has 2 fully saturated rings. The number of primary amides is 1. The van der Waals surface area contributed by atoms with Crippen LogP contribution in [0.1, 0.15) is 71.8 Å². The third-order valence-corrected chi connectivity index (χ3v) is 7.57. The lowest BCUT2D eigenvalue weighted by Crippen LogP contribution is -2.57. The Bertz CT molecular complexity index is 1130. The van der Waals surface area contributed by atoms with E-state index in [1.165, 1.54) is 4.90 Å². The van der Waals surface area contributed by atoms with Crippen LogP contribution < -0.4 is 21.7 Å². The van der Waals surface area contributed by atoms with Crippen molar-refractivity contribution in [3.05, 3.63) is 48.0 Å². The Hall–Kier alpha value is -3.69. The molecule has 1 aromatic rings. The lowest BCUT2D eigenvalue weighted by Gasteiger charge is -2.33. The predicted octanol–water partition coefficient (Wildman–Crippen LogP) is 2.32. The van der Waals surface area contributed by atoms with Crippen LogP contribution in [0.2, 0.25) is 0 Å². The van der Waals surface area contributed by atoms with Gasteiger partial charge in [0.05, 0.1) is 12.6 Å². The van der Waals surface area contributed by atoms with Crippen molar-refractivity contribution in [2.45, 2.75) is 89.3 Å². The number of benzene rings is 1. The van der Waals surface area contributed by atoms with E-state index in [2.05, 4.69) is 22.5 Å². The number of amides is 5. The van der Waals surface area contributed by atoms with Crippen LogP contribution in [0.5, 0.6) is 0 Å². The number of hydrogen-bond acceptors (Lipinski definition) is 5. The van der Waals surface area contributed by atoms with Gasteiger partial charge in [0.1, 0.15) is 6.04 Å². The fourth-order valence-electron chi connectivity index (χ4n) is 5.02. The van der Waals surface area contributed by atoms with Crippen LogP contribution in [-0.4, -0.2) is 65.1 Å². The van der Waals surface area contributed by atoms with Crippen molar-refractivity contribution in [2.24, 2.45) is 11.7 Å². The van der Waals surface area contributed by atoms with E-state index >= 15 is 0 Å². The van der Waals surface area contributed by atoms with Gasteiger partial charge in [-0.3, -0.25) is 19.2 Å². The Kier molecular flexibility index (Phi) is 9.76. The molecule has 0 heterocycles. The largest absolute Gasteiger partial charge is 0.363 e.